The molecule has 1 fully saturated rings. The molecule has 0 radical (unpaired) electrons. The largest absolute Gasteiger partial charge is 0.337 e. The molecule has 3 rings (SSSR count). The molecule has 23 heavy (non-hydrogen) atoms. The second kappa shape index (κ2) is 6.44. The molecule has 2 aromatic heterocycles. The van der Waals surface area contributed by atoms with Crippen molar-refractivity contribution in [1.82, 2.24) is 24.6 Å². The van der Waals surface area contributed by atoms with Crippen molar-refractivity contribution in [3.05, 3.63) is 42.0 Å². The molecule has 1 saturated heterocycles. The van der Waals surface area contributed by atoms with Gasteiger partial charge in [-0.25, -0.2) is 9.37 Å². The summed E-state index contributed by atoms with van der Waals surface area (Å²) in [5, 5.41) is 8.27. The van der Waals surface area contributed by atoms with Crippen LogP contribution in [0.25, 0.3) is 0 Å². The Bertz CT molecular complexity index is 674. The van der Waals surface area contributed by atoms with Crippen molar-refractivity contribution < 1.29 is 9.18 Å². The molecule has 2 aromatic rings. The van der Waals surface area contributed by atoms with Gasteiger partial charge in [0.15, 0.2) is 0 Å². The number of carbonyl (C=O) groups is 1. The van der Waals surface area contributed by atoms with Gasteiger partial charge in [0.2, 0.25) is 0 Å². The maximum Gasteiger partial charge on any atom is 0.272 e. The van der Waals surface area contributed by atoms with E-state index >= 15 is 0 Å². The zero-order valence-corrected chi connectivity index (χ0v) is 13.3. The molecule has 3 heterocycles. The molecular weight excluding hydrogens is 297 g/mol. The van der Waals surface area contributed by atoms with Gasteiger partial charge in [-0.15, -0.1) is 10.2 Å². The first-order valence-corrected chi connectivity index (χ1v) is 7.86. The third kappa shape index (κ3) is 3.23. The Balaban J connectivity index is 1.65. The standard InChI is InChI=1S/C16H20FN5O/c1-11(2)22-10-19-20-15(22)12-5-7-21(8-6-12)16(23)14-4-3-13(17)9-18-14/h3-4,9-12H,5-8H2,1-2H3. The third-order valence-electron chi connectivity index (χ3n) is 4.25. The zero-order valence-electron chi connectivity index (χ0n) is 13.3. The predicted molar refractivity (Wildman–Crippen MR) is 82.5 cm³/mol. The lowest BCUT2D eigenvalue weighted by Gasteiger charge is -2.31. The van der Waals surface area contributed by atoms with Crippen LogP contribution in [0.5, 0.6) is 0 Å². The summed E-state index contributed by atoms with van der Waals surface area (Å²) >= 11 is 0. The molecule has 0 N–H and O–H groups in total. The van der Waals surface area contributed by atoms with E-state index in [9.17, 15) is 9.18 Å². The van der Waals surface area contributed by atoms with Crippen molar-refractivity contribution in [2.24, 2.45) is 0 Å². The molecule has 1 amide bonds. The lowest BCUT2D eigenvalue weighted by atomic mass is 9.95. The highest BCUT2D eigenvalue weighted by atomic mass is 19.1. The van der Waals surface area contributed by atoms with Crippen LogP contribution in [0.3, 0.4) is 0 Å². The molecule has 0 aliphatic carbocycles. The fourth-order valence-corrected chi connectivity index (χ4v) is 2.95. The number of likely N-dealkylation sites (tertiary alicyclic amines) is 1. The second-order valence-electron chi connectivity index (χ2n) is 6.12. The van der Waals surface area contributed by atoms with Crippen molar-refractivity contribution in [2.45, 2.75) is 38.6 Å². The van der Waals surface area contributed by atoms with E-state index in [1.165, 1.54) is 12.1 Å². The van der Waals surface area contributed by atoms with Gasteiger partial charge in [-0.2, -0.15) is 0 Å². The number of halogens is 1. The number of rotatable bonds is 3. The lowest BCUT2D eigenvalue weighted by molar-refractivity contribution is 0.0704. The summed E-state index contributed by atoms with van der Waals surface area (Å²) in [7, 11) is 0. The van der Waals surface area contributed by atoms with E-state index in [1.54, 1.807) is 11.2 Å². The molecule has 122 valence electrons. The van der Waals surface area contributed by atoms with Crippen molar-refractivity contribution in [2.75, 3.05) is 13.1 Å². The number of nitrogens with zero attached hydrogens (tertiary/aromatic N) is 5. The monoisotopic (exact) mass is 317 g/mol. The summed E-state index contributed by atoms with van der Waals surface area (Å²) in [6.07, 6.45) is 4.53. The average Bonchev–Trinajstić information content (AvgIpc) is 3.05. The average molecular weight is 317 g/mol. The Morgan fingerprint density at radius 2 is 2.04 bits per heavy atom. The highest BCUT2D eigenvalue weighted by Gasteiger charge is 2.28. The second-order valence-corrected chi connectivity index (χ2v) is 6.12. The van der Waals surface area contributed by atoms with Gasteiger partial charge in [-0.3, -0.25) is 4.79 Å². The number of carbonyl (C=O) groups excluding carboxylic acids is 1. The molecule has 1 aliphatic rings. The molecule has 0 aromatic carbocycles. The first-order valence-electron chi connectivity index (χ1n) is 7.86. The number of aromatic nitrogens is 4. The van der Waals surface area contributed by atoms with Crippen LogP contribution in [0.1, 0.15) is 55.0 Å². The number of amides is 1. The molecule has 0 unspecified atom stereocenters. The van der Waals surface area contributed by atoms with Gasteiger partial charge in [0.25, 0.3) is 5.91 Å². The van der Waals surface area contributed by atoms with Gasteiger partial charge in [0, 0.05) is 25.0 Å². The van der Waals surface area contributed by atoms with Crippen LogP contribution in [0.2, 0.25) is 0 Å². The van der Waals surface area contributed by atoms with Gasteiger partial charge in [-0.1, -0.05) is 0 Å². The maximum absolute atomic E-state index is 12.9. The van der Waals surface area contributed by atoms with Crippen molar-refractivity contribution in [1.29, 1.82) is 0 Å². The van der Waals surface area contributed by atoms with Crippen LogP contribution in [0, 0.1) is 5.82 Å². The van der Waals surface area contributed by atoms with Gasteiger partial charge < -0.3 is 9.47 Å². The summed E-state index contributed by atoms with van der Waals surface area (Å²) in [6.45, 7) is 5.50. The van der Waals surface area contributed by atoms with Crippen LogP contribution in [0.15, 0.2) is 24.7 Å². The highest BCUT2D eigenvalue weighted by molar-refractivity contribution is 5.92. The number of hydrogen-bond acceptors (Lipinski definition) is 4. The molecule has 0 bridgehead atoms. The lowest BCUT2D eigenvalue weighted by Crippen LogP contribution is -2.38. The minimum Gasteiger partial charge on any atom is -0.337 e. The number of piperidine rings is 1. The van der Waals surface area contributed by atoms with E-state index in [-0.39, 0.29) is 11.6 Å². The number of hydrogen-bond donors (Lipinski definition) is 0. The topological polar surface area (TPSA) is 63.9 Å². The summed E-state index contributed by atoms with van der Waals surface area (Å²) in [5.74, 6) is 0.721. The smallest absolute Gasteiger partial charge is 0.272 e. The quantitative estimate of drug-likeness (QED) is 0.872. The minimum atomic E-state index is -0.437. The van der Waals surface area contributed by atoms with Crippen LogP contribution < -0.4 is 0 Å². The highest BCUT2D eigenvalue weighted by Crippen LogP contribution is 2.28. The van der Waals surface area contributed by atoms with Crippen molar-refractivity contribution in [3.63, 3.8) is 0 Å². The molecule has 0 saturated carbocycles. The van der Waals surface area contributed by atoms with Gasteiger partial charge in [0.1, 0.15) is 23.7 Å². The van der Waals surface area contributed by atoms with Crippen LogP contribution in [0.4, 0.5) is 4.39 Å². The van der Waals surface area contributed by atoms with E-state index in [1.807, 2.05) is 0 Å². The van der Waals surface area contributed by atoms with E-state index in [0.717, 1.165) is 24.9 Å². The Hall–Kier alpha value is -2.31. The third-order valence-corrected chi connectivity index (χ3v) is 4.25. The molecular formula is C16H20FN5O. The SMILES string of the molecule is CC(C)n1cnnc1C1CCN(C(=O)c2ccc(F)cn2)CC1. The minimum absolute atomic E-state index is 0.145. The Morgan fingerprint density at radius 1 is 1.30 bits per heavy atom. The zero-order chi connectivity index (χ0) is 16.4. The fourth-order valence-electron chi connectivity index (χ4n) is 2.95. The van der Waals surface area contributed by atoms with E-state index < -0.39 is 5.82 Å². The van der Waals surface area contributed by atoms with Gasteiger partial charge in [0.05, 0.1) is 6.20 Å². The summed E-state index contributed by atoms with van der Waals surface area (Å²) in [4.78, 5) is 18.0. The van der Waals surface area contributed by atoms with Crippen molar-refractivity contribution in [3.8, 4) is 0 Å². The molecule has 7 heteroatoms. The first kappa shape index (κ1) is 15.6. The van der Waals surface area contributed by atoms with Gasteiger partial charge >= 0.3 is 0 Å². The normalized spacial score (nSPS) is 16.1. The van der Waals surface area contributed by atoms with Crippen LogP contribution >= 0.6 is 0 Å². The molecule has 6 nitrogen and oxygen atoms in total. The Labute approximate surface area is 134 Å². The van der Waals surface area contributed by atoms with Gasteiger partial charge in [-0.05, 0) is 38.8 Å². The maximum atomic E-state index is 12.9. The Morgan fingerprint density at radius 3 is 2.65 bits per heavy atom. The number of pyridine rings is 1. The summed E-state index contributed by atoms with van der Waals surface area (Å²) in [5.41, 5.74) is 0.287. The summed E-state index contributed by atoms with van der Waals surface area (Å²) < 4.78 is 15.0. The van der Waals surface area contributed by atoms with E-state index in [0.29, 0.717) is 25.0 Å². The summed E-state index contributed by atoms with van der Waals surface area (Å²) in [6, 6.07) is 3.01. The van der Waals surface area contributed by atoms with Crippen LogP contribution in [-0.4, -0.2) is 43.6 Å². The molecule has 0 spiro atoms. The van der Waals surface area contributed by atoms with E-state index in [2.05, 4.69) is 33.6 Å². The van der Waals surface area contributed by atoms with Crippen LogP contribution in [-0.2, 0) is 0 Å². The molecule has 1 aliphatic heterocycles. The first-order chi connectivity index (χ1) is 11.1. The van der Waals surface area contributed by atoms with E-state index in [4.69, 9.17) is 0 Å². The fraction of sp³-hybridized carbons (Fsp3) is 0.500. The predicted octanol–water partition coefficient (Wildman–Crippen LogP) is 2.41. The van der Waals surface area contributed by atoms with Crippen molar-refractivity contribution >= 4 is 5.91 Å². The molecule has 0 atom stereocenters. The Kier molecular flexibility index (Phi) is 4.36.